The maximum absolute atomic E-state index is 11.4. The van der Waals surface area contributed by atoms with Crippen molar-refractivity contribution in [2.75, 3.05) is 0 Å². The summed E-state index contributed by atoms with van der Waals surface area (Å²) in [6.07, 6.45) is 7.15. The van der Waals surface area contributed by atoms with Gasteiger partial charge in [0.2, 0.25) is 0 Å². The lowest BCUT2D eigenvalue weighted by atomic mass is 9.84. The van der Waals surface area contributed by atoms with E-state index in [0.717, 1.165) is 34.2 Å². The van der Waals surface area contributed by atoms with Crippen LogP contribution < -0.4 is 0 Å². The van der Waals surface area contributed by atoms with Crippen LogP contribution in [0.2, 0.25) is 0 Å². The summed E-state index contributed by atoms with van der Waals surface area (Å²) in [4.78, 5) is 0. The highest BCUT2D eigenvalue weighted by molar-refractivity contribution is 5.82. The number of hydrogen-bond donors (Lipinski definition) is 1. The van der Waals surface area contributed by atoms with E-state index in [9.17, 15) is 5.11 Å². The van der Waals surface area contributed by atoms with Crippen molar-refractivity contribution < 1.29 is 5.11 Å². The second-order valence-corrected chi connectivity index (χ2v) is 5.10. The number of aliphatic hydroxyl groups is 1. The zero-order valence-corrected chi connectivity index (χ0v) is 10.5. The summed E-state index contributed by atoms with van der Waals surface area (Å²) in [6, 6.07) is 16.3. The monoisotopic (exact) mass is 246 g/mol. The first kappa shape index (κ1) is 10.8. The molecule has 1 N–H and O–H groups in total. The Hall–Kier alpha value is -2.12. The second kappa shape index (κ2) is 3.69. The van der Waals surface area contributed by atoms with Crippen molar-refractivity contribution in [3.63, 3.8) is 0 Å². The standard InChI is InChI=1S/C18H14O/c19-18(13-7-1-2-8-13)16-11-5-3-9-14(16)15-10-4-6-12-17(15)18/h1,3-12,19H,2H2. The highest BCUT2D eigenvalue weighted by Gasteiger charge is 2.43. The Balaban J connectivity index is 2.09. The van der Waals surface area contributed by atoms with Crippen molar-refractivity contribution in [1.29, 1.82) is 0 Å². The number of allylic oxidation sites excluding steroid dienone is 2. The highest BCUT2D eigenvalue weighted by Crippen LogP contribution is 2.51. The normalized spacial score (nSPS) is 18.1. The lowest BCUT2D eigenvalue weighted by molar-refractivity contribution is 0.130. The van der Waals surface area contributed by atoms with E-state index in [1.807, 2.05) is 42.5 Å². The molecule has 0 radical (unpaired) electrons. The minimum atomic E-state index is -0.986. The average Bonchev–Trinajstić information content (AvgIpc) is 3.08. The van der Waals surface area contributed by atoms with E-state index in [4.69, 9.17) is 0 Å². The predicted octanol–water partition coefficient (Wildman–Crippen LogP) is 3.79. The molecular formula is C18H14O. The summed E-state index contributed by atoms with van der Waals surface area (Å²) in [5.41, 5.74) is 4.27. The molecule has 1 nitrogen and oxygen atoms in total. The SMILES string of the molecule is OC1(C2=CCC=C2)c2ccccc2-c2ccccc21. The number of rotatable bonds is 1. The van der Waals surface area contributed by atoms with Crippen molar-refractivity contribution >= 4 is 0 Å². The topological polar surface area (TPSA) is 20.2 Å². The summed E-state index contributed by atoms with van der Waals surface area (Å²) in [7, 11) is 0. The Bertz CT molecular complexity index is 676. The zero-order valence-electron chi connectivity index (χ0n) is 10.5. The fraction of sp³-hybridized carbons (Fsp3) is 0.111. The summed E-state index contributed by atoms with van der Waals surface area (Å²) >= 11 is 0. The van der Waals surface area contributed by atoms with Crippen LogP contribution in [-0.4, -0.2) is 5.11 Å². The van der Waals surface area contributed by atoms with Crippen LogP contribution in [-0.2, 0) is 5.60 Å². The molecule has 2 aromatic carbocycles. The van der Waals surface area contributed by atoms with E-state index in [1.54, 1.807) is 0 Å². The summed E-state index contributed by atoms with van der Waals surface area (Å²) in [5, 5.41) is 11.4. The van der Waals surface area contributed by atoms with Gasteiger partial charge in [-0.05, 0) is 23.1 Å². The largest absolute Gasteiger partial charge is 0.376 e. The van der Waals surface area contributed by atoms with E-state index < -0.39 is 5.60 Å². The second-order valence-electron chi connectivity index (χ2n) is 5.10. The molecule has 0 unspecified atom stereocenters. The molecule has 0 heterocycles. The quantitative estimate of drug-likeness (QED) is 0.811. The van der Waals surface area contributed by atoms with Gasteiger partial charge in [-0.25, -0.2) is 0 Å². The maximum atomic E-state index is 11.4. The molecule has 2 aliphatic rings. The van der Waals surface area contributed by atoms with E-state index in [1.165, 1.54) is 0 Å². The van der Waals surface area contributed by atoms with Gasteiger partial charge in [0, 0.05) is 11.1 Å². The lowest BCUT2D eigenvalue weighted by Gasteiger charge is -2.26. The van der Waals surface area contributed by atoms with E-state index in [-0.39, 0.29) is 0 Å². The molecule has 0 saturated carbocycles. The van der Waals surface area contributed by atoms with Crippen LogP contribution in [0, 0.1) is 0 Å². The summed E-state index contributed by atoms with van der Waals surface area (Å²) in [6.45, 7) is 0. The van der Waals surface area contributed by atoms with Crippen molar-refractivity contribution in [3.8, 4) is 11.1 Å². The lowest BCUT2D eigenvalue weighted by Crippen LogP contribution is -2.26. The van der Waals surface area contributed by atoms with Crippen LogP contribution >= 0.6 is 0 Å². The Morgan fingerprint density at radius 1 is 0.842 bits per heavy atom. The van der Waals surface area contributed by atoms with Crippen molar-refractivity contribution in [3.05, 3.63) is 83.5 Å². The van der Waals surface area contributed by atoms with Crippen LogP contribution in [0.1, 0.15) is 17.5 Å². The van der Waals surface area contributed by atoms with Crippen LogP contribution in [0.25, 0.3) is 11.1 Å². The molecule has 0 aromatic heterocycles. The maximum Gasteiger partial charge on any atom is 0.141 e. The number of fused-ring (bicyclic) bond motifs is 3. The molecule has 19 heavy (non-hydrogen) atoms. The molecule has 92 valence electrons. The molecule has 0 atom stereocenters. The third-order valence-corrected chi connectivity index (χ3v) is 4.11. The first-order valence-corrected chi connectivity index (χ1v) is 6.61. The number of benzene rings is 2. The van der Waals surface area contributed by atoms with Gasteiger partial charge in [0.05, 0.1) is 0 Å². The van der Waals surface area contributed by atoms with Gasteiger partial charge in [0.15, 0.2) is 0 Å². The third-order valence-electron chi connectivity index (χ3n) is 4.11. The van der Waals surface area contributed by atoms with Crippen LogP contribution in [0.15, 0.2) is 72.3 Å². The van der Waals surface area contributed by atoms with Crippen LogP contribution in [0.5, 0.6) is 0 Å². The predicted molar refractivity (Wildman–Crippen MR) is 76.7 cm³/mol. The van der Waals surface area contributed by atoms with Gasteiger partial charge in [0.25, 0.3) is 0 Å². The van der Waals surface area contributed by atoms with Crippen LogP contribution in [0.3, 0.4) is 0 Å². The molecule has 4 rings (SSSR count). The molecule has 2 aliphatic carbocycles. The molecule has 1 heteroatoms. The van der Waals surface area contributed by atoms with E-state index in [2.05, 4.69) is 24.3 Å². The zero-order chi connectivity index (χ0) is 12.9. The first-order valence-electron chi connectivity index (χ1n) is 6.61. The Morgan fingerprint density at radius 3 is 1.95 bits per heavy atom. The van der Waals surface area contributed by atoms with E-state index in [0.29, 0.717) is 0 Å². The molecule has 0 fully saturated rings. The average molecular weight is 246 g/mol. The van der Waals surface area contributed by atoms with Crippen LogP contribution in [0.4, 0.5) is 0 Å². The van der Waals surface area contributed by atoms with Gasteiger partial charge in [-0.3, -0.25) is 0 Å². The summed E-state index contributed by atoms with van der Waals surface area (Å²) in [5.74, 6) is 0. The smallest absolute Gasteiger partial charge is 0.141 e. The Morgan fingerprint density at radius 2 is 1.42 bits per heavy atom. The van der Waals surface area contributed by atoms with Gasteiger partial charge < -0.3 is 5.11 Å². The number of hydrogen-bond acceptors (Lipinski definition) is 1. The first-order chi connectivity index (χ1) is 9.32. The third kappa shape index (κ3) is 1.28. The molecule has 0 bridgehead atoms. The Kier molecular flexibility index (Phi) is 2.09. The van der Waals surface area contributed by atoms with Gasteiger partial charge in [-0.1, -0.05) is 66.8 Å². The van der Waals surface area contributed by atoms with Crippen molar-refractivity contribution in [2.45, 2.75) is 12.0 Å². The fourth-order valence-corrected chi connectivity index (χ4v) is 3.25. The summed E-state index contributed by atoms with van der Waals surface area (Å²) < 4.78 is 0. The van der Waals surface area contributed by atoms with Gasteiger partial charge in [0.1, 0.15) is 5.60 Å². The van der Waals surface area contributed by atoms with Gasteiger partial charge in [-0.15, -0.1) is 0 Å². The van der Waals surface area contributed by atoms with E-state index >= 15 is 0 Å². The molecule has 0 spiro atoms. The molecule has 0 aliphatic heterocycles. The minimum absolute atomic E-state index is 0.905. The van der Waals surface area contributed by atoms with Gasteiger partial charge in [-0.2, -0.15) is 0 Å². The fourth-order valence-electron chi connectivity index (χ4n) is 3.25. The van der Waals surface area contributed by atoms with Gasteiger partial charge >= 0.3 is 0 Å². The Labute approximate surface area is 112 Å². The molecule has 0 amide bonds. The highest BCUT2D eigenvalue weighted by atomic mass is 16.3. The van der Waals surface area contributed by atoms with Crippen molar-refractivity contribution in [2.24, 2.45) is 0 Å². The minimum Gasteiger partial charge on any atom is -0.376 e. The molecule has 2 aromatic rings. The molecule has 0 saturated heterocycles. The molecular weight excluding hydrogens is 232 g/mol. The van der Waals surface area contributed by atoms with Crippen molar-refractivity contribution in [1.82, 2.24) is 0 Å².